The van der Waals surface area contributed by atoms with Gasteiger partial charge in [0.05, 0.1) is 19.8 Å². The Morgan fingerprint density at radius 1 is 0.842 bits per heavy atom. The van der Waals surface area contributed by atoms with Gasteiger partial charge in [-0.15, -0.1) is 0 Å². The van der Waals surface area contributed by atoms with Crippen LogP contribution in [0.1, 0.15) is 44.9 Å². The molecule has 0 rings (SSSR count). The lowest BCUT2D eigenvalue weighted by Gasteiger charge is -2.05. The van der Waals surface area contributed by atoms with Crippen molar-refractivity contribution >= 4 is 11.9 Å². The van der Waals surface area contributed by atoms with E-state index in [1.165, 1.54) is 0 Å². The molecule has 0 radical (unpaired) electrons. The van der Waals surface area contributed by atoms with Crippen LogP contribution in [0.2, 0.25) is 0 Å². The van der Waals surface area contributed by atoms with Gasteiger partial charge in [-0.2, -0.15) is 0 Å². The Kier molecular flexibility index (Phi) is 12.5. The van der Waals surface area contributed by atoms with Gasteiger partial charge < -0.3 is 19.7 Å². The molecule has 0 heterocycles. The maximum absolute atomic E-state index is 11.2. The second-order valence-corrected chi connectivity index (χ2v) is 4.22. The zero-order valence-corrected chi connectivity index (χ0v) is 11.3. The second kappa shape index (κ2) is 13.3. The predicted octanol–water partition coefficient (Wildman–Crippen LogP) is 1.35. The van der Waals surface area contributed by atoms with Gasteiger partial charge in [0.2, 0.25) is 0 Å². The molecule has 0 amide bonds. The lowest BCUT2D eigenvalue weighted by Crippen LogP contribution is -2.11. The molecule has 0 saturated heterocycles. The van der Waals surface area contributed by atoms with Gasteiger partial charge in [0.25, 0.3) is 0 Å². The number of esters is 1. The SMILES string of the molecule is O=C(O)CCCCCCCC(=O)OCCOCCO. The van der Waals surface area contributed by atoms with E-state index >= 15 is 0 Å². The first kappa shape index (κ1) is 17.9. The van der Waals surface area contributed by atoms with Gasteiger partial charge in [-0.3, -0.25) is 9.59 Å². The van der Waals surface area contributed by atoms with Crippen LogP contribution in [0, 0.1) is 0 Å². The van der Waals surface area contributed by atoms with Gasteiger partial charge in [0, 0.05) is 12.8 Å². The Bertz CT molecular complexity index is 241. The molecular formula is C13H24O6. The van der Waals surface area contributed by atoms with Crippen LogP contribution in [0.3, 0.4) is 0 Å². The van der Waals surface area contributed by atoms with Gasteiger partial charge in [-0.1, -0.05) is 19.3 Å². The molecule has 0 aliphatic rings. The lowest BCUT2D eigenvalue weighted by atomic mass is 10.1. The van der Waals surface area contributed by atoms with Crippen LogP contribution < -0.4 is 0 Å². The Morgan fingerprint density at radius 3 is 2.11 bits per heavy atom. The molecule has 0 atom stereocenters. The quantitative estimate of drug-likeness (QED) is 0.389. The zero-order chi connectivity index (χ0) is 14.3. The molecule has 0 aromatic carbocycles. The number of unbranched alkanes of at least 4 members (excludes halogenated alkanes) is 4. The Hall–Kier alpha value is -1.14. The van der Waals surface area contributed by atoms with Crippen molar-refractivity contribution in [2.45, 2.75) is 44.9 Å². The van der Waals surface area contributed by atoms with Crippen molar-refractivity contribution in [2.24, 2.45) is 0 Å². The normalized spacial score (nSPS) is 10.4. The number of hydrogen-bond donors (Lipinski definition) is 2. The van der Waals surface area contributed by atoms with Gasteiger partial charge in [0.15, 0.2) is 0 Å². The lowest BCUT2D eigenvalue weighted by molar-refractivity contribution is -0.145. The van der Waals surface area contributed by atoms with Gasteiger partial charge in [-0.05, 0) is 12.8 Å². The van der Waals surface area contributed by atoms with E-state index in [0.29, 0.717) is 19.4 Å². The van der Waals surface area contributed by atoms with E-state index in [2.05, 4.69) is 0 Å². The number of carbonyl (C=O) groups excluding carboxylic acids is 1. The topological polar surface area (TPSA) is 93.1 Å². The largest absolute Gasteiger partial charge is 0.481 e. The molecule has 6 heteroatoms. The molecular weight excluding hydrogens is 252 g/mol. The average molecular weight is 276 g/mol. The molecule has 0 aromatic rings. The third-order valence-corrected chi connectivity index (χ3v) is 2.50. The molecule has 0 bridgehead atoms. The van der Waals surface area contributed by atoms with Crippen LogP contribution in [-0.4, -0.2) is 48.6 Å². The summed E-state index contributed by atoms with van der Waals surface area (Å²) in [6.07, 6.45) is 4.81. The molecule has 0 saturated carbocycles. The number of carbonyl (C=O) groups is 2. The summed E-state index contributed by atoms with van der Waals surface area (Å²) in [7, 11) is 0. The van der Waals surface area contributed by atoms with Gasteiger partial charge >= 0.3 is 11.9 Å². The molecule has 6 nitrogen and oxygen atoms in total. The van der Waals surface area contributed by atoms with Crippen LogP contribution >= 0.6 is 0 Å². The van der Waals surface area contributed by atoms with Crippen molar-refractivity contribution in [1.29, 1.82) is 0 Å². The number of aliphatic hydroxyl groups is 1. The maximum Gasteiger partial charge on any atom is 0.305 e. The monoisotopic (exact) mass is 276 g/mol. The molecule has 2 N–H and O–H groups in total. The molecule has 0 spiro atoms. The van der Waals surface area contributed by atoms with Crippen molar-refractivity contribution in [1.82, 2.24) is 0 Å². The minimum Gasteiger partial charge on any atom is -0.481 e. The molecule has 0 fully saturated rings. The highest BCUT2D eigenvalue weighted by atomic mass is 16.6. The molecule has 112 valence electrons. The third-order valence-electron chi connectivity index (χ3n) is 2.50. The number of aliphatic hydroxyl groups excluding tert-OH is 1. The van der Waals surface area contributed by atoms with Crippen molar-refractivity contribution in [3.63, 3.8) is 0 Å². The Balaban J connectivity index is 3.18. The average Bonchev–Trinajstić information content (AvgIpc) is 2.37. The predicted molar refractivity (Wildman–Crippen MR) is 68.8 cm³/mol. The fourth-order valence-electron chi connectivity index (χ4n) is 1.53. The van der Waals surface area contributed by atoms with Crippen LogP contribution in [0.4, 0.5) is 0 Å². The summed E-state index contributed by atoms with van der Waals surface area (Å²) in [5, 5.41) is 16.9. The minimum atomic E-state index is -0.757. The number of rotatable bonds is 13. The van der Waals surface area contributed by atoms with Crippen LogP contribution in [0.25, 0.3) is 0 Å². The first-order valence-corrected chi connectivity index (χ1v) is 6.73. The van der Waals surface area contributed by atoms with E-state index in [1.54, 1.807) is 0 Å². The molecule has 0 aliphatic carbocycles. The second-order valence-electron chi connectivity index (χ2n) is 4.22. The standard InChI is InChI=1S/C13H24O6/c14-8-9-18-10-11-19-13(17)7-5-3-1-2-4-6-12(15)16/h14H,1-11H2,(H,15,16). The van der Waals surface area contributed by atoms with Gasteiger partial charge in [0.1, 0.15) is 6.61 Å². The number of hydrogen-bond acceptors (Lipinski definition) is 5. The van der Waals surface area contributed by atoms with Crippen LogP contribution in [-0.2, 0) is 19.1 Å². The summed E-state index contributed by atoms with van der Waals surface area (Å²) >= 11 is 0. The molecule has 19 heavy (non-hydrogen) atoms. The summed E-state index contributed by atoms with van der Waals surface area (Å²) in [5.74, 6) is -0.995. The number of carboxylic acid groups (broad SMARTS) is 1. The number of ether oxygens (including phenoxy) is 2. The number of carboxylic acids is 1. The fourth-order valence-corrected chi connectivity index (χ4v) is 1.53. The van der Waals surface area contributed by atoms with E-state index in [1.807, 2.05) is 0 Å². The van der Waals surface area contributed by atoms with Crippen molar-refractivity contribution < 1.29 is 29.3 Å². The summed E-state index contributed by atoms with van der Waals surface area (Å²) in [5.41, 5.74) is 0. The van der Waals surface area contributed by atoms with E-state index in [-0.39, 0.29) is 32.2 Å². The fraction of sp³-hybridized carbons (Fsp3) is 0.846. The zero-order valence-electron chi connectivity index (χ0n) is 11.3. The first-order valence-electron chi connectivity index (χ1n) is 6.73. The molecule has 0 unspecified atom stereocenters. The first-order chi connectivity index (χ1) is 9.16. The highest BCUT2D eigenvalue weighted by molar-refractivity contribution is 5.69. The molecule has 0 aromatic heterocycles. The Labute approximate surface area is 113 Å². The minimum absolute atomic E-state index is 0.0319. The smallest absolute Gasteiger partial charge is 0.305 e. The summed E-state index contributed by atoms with van der Waals surface area (Å²) in [4.78, 5) is 21.5. The highest BCUT2D eigenvalue weighted by Crippen LogP contribution is 2.07. The third kappa shape index (κ3) is 14.8. The maximum atomic E-state index is 11.2. The van der Waals surface area contributed by atoms with E-state index in [9.17, 15) is 9.59 Å². The molecule has 0 aliphatic heterocycles. The van der Waals surface area contributed by atoms with Crippen LogP contribution in [0.15, 0.2) is 0 Å². The Morgan fingerprint density at radius 2 is 1.47 bits per heavy atom. The summed E-state index contributed by atoms with van der Waals surface area (Å²) < 4.78 is 9.87. The summed E-state index contributed by atoms with van der Waals surface area (Å²) in [6.45, 7) is 0.753. The van der Waals surface area contributed by atoms with Crippen molar-refractivity contribution in [3.05, 3.63) is 0 Å². The van der Waals surface area contributed by atoms with E-state index in [0.717, 1.165) is 25.7 Å². The van der Waals surface area contributed by atoms with Crippen molar-refractivity contribution in [2.75, 3.05) is 26.4 Å². The summed E-state index contributed by atoms with van der Waals surface area (Å²) in [6, 6.07) is 0. The number of aliphatic carboxylic acids is 1. The van der Waals surface area contributed by atoms with Crippen molar-refractivity contribution in [3.8, 4) is 0 Å². The van der Waals surface area contributed by atoms with E-state index < -0.39 is 5.97 Å². The highest BCUT2D eigenvalue weighted by Gasteiger charge is 2.02. The van der Waals surface area contributed by atoms with E-state index in [4.69, 9.17) is 19.7 Å². The van der Waals surface area contributed by atoms with Gasteiger partial charge in [-0.25, -0.2) is 0 Å². The van der Waals surface area contributed by atoms with Crippen LogP contribution in [0.5, 0.6) is 0 Å².